The van der Waals surface area contributed by atoms with Crippen LogP contribution >= 0.6 is 11.3 Å². The van der Waals surface area contributed by atoms with Gasteiger partial charge in [0, 0.05) is 16.5 Å². The van der Waals surface area contributed by atoms with Gasteiger partial charge in [0.05, 0.1) is 0 Å². The van der Waals surface area contributed by atoms with Gasteiger partial charge in [-0.05, 0) is 91.5 Å². The molecule has 6 rings (SSSR count). The average Bonchev–Trinajstić information content (AvgIpc) is 3.05. The molecule has 2 aromatic rings. The van der Waals surface area contributed by atoms with E-state index in [-0.39, 0.29) is 11.2 Å². The first kappa shape index (κ1) is 16.9. The number of carboxylic acid groups (broad SMARTS) is 1. The predicted molar refractivity (Wildman–Crippen MR) is 105 cm³/mol. The molecule has 4 saturated carbocycles. The van der Waals surface area contributed by atoms with Gasteiger partial charge in [0.1, 0.15) is 10.6 Å². The number of hydrogen-bond donors (Lipinski definition) is 2. The fraction of sp³-hybridized carbons (Fsp3) is 0.435. The smallest absolute Gasteiger partial charge is 0.346 e. The first-order valence-electron chi connectivity index (χ1n) is 9.69. The Balaban J connectivity index is 1.59. The molecule has 1 aromatic carbocycles. The van der Waals surface area contributed by atoms with Crippen LogP contribution in [-0.4, -0.2) is 16.2 Å². The molecule has 3 nitrogen and oxygen atoms in total. The molecule has 0 aliphatic heterocycles. The fourth-order valence-electron chi connectivity index (χ4n) is 6.23. The van der Waals surface area contributed by atoms with E-state index in [2.05, 4.69) is 11.8 Å². The monoisotopic (exact) mass is 378 g/mol. The number of phenolic OH excluding ortho intramolecular Hbond substituents is 1. The molecule has 4 aliphatic carbocycles. The van der Waals surface area contributed by atoms with Gasteiger partial charge in [-0.3, -0.25) is 0 Å². The highest BCUT2D eigenvalue weighted by molar-refractivity contribution is 7.12. The first-order valence-corrected chi connectivity index (χ1v) is 10.6. The van der Waals surface area contributed by atoms with Gasteiger partial charge in [-0.1, -0.05) is 11.8 Å². The van der Waals surface area contributed by atoms with Crippen molar-refractivity contribution in [1.29, 1.82) is 0 Å². The zero-order chi connectivity index (χ0) is 18.6. The Morgan fingerprint density at radius 1 is 1.00 bits per heavy atom. The molecule has 0 spiro atoms. The van der Waals surface area contributed by atoms with Crippen molar-refractivity contribution in [2.24, 2.45) is 17.8 Å². The van der Waals surface area contributed by atoms with Crippen LogP contribution < -0.4 is 0 Å². The minimum absolute atomic E-state index is 0.0153. The number of benzene rings is 1. The van der Waals surface area contributed by atoms with Gasteiger partial charge in [0.2, 0.25) is 0 Å². The van der Waals surface area contributed by atoms with E-state index in [1.54, 1.807) is 24.3 Å². The van der Waals surface area contributed by atoms with Crippen LogP contribution in [0.5, 0.6) is 5.75 Å². The summed E-state index contributed by atoms with van der Waals surface area (Å²) in [6.07, 6.45) is 7.39. The Morgan fingerprint density at radius 2 is 1.59 bits per heavy atom. The zero-order valence-corrected chi connectivity index (χ0v) is 15.9. The third-order valence-corrected chi connectivity index (χ3v) is 7.73. The van der Waals surface area contributed by atoms with Gasteiger partial charge in [0.15, 0.2) is 0 Å². The third kappa shape index (κ3) is 2.85. The molecule has 0 atom stereocenters. The topological polar surface area (TPSA) is 57.5 Å². The van der Waals surface area contributed by atoms with E-state index in [9.17, 15) is 15.0 Å². The maximum Gasteiger partial charge on any atom is 0.346 e. The van der Waals surface area contributed by atoms with Crippen molar-refractivity contribution < 1.29 is 15.0 Å². The highest BCUT2D eigenvalue weighted by Crippen LogP contribution is 2.62. The second-order valence-corrected chi connectivity index (χ2v) is 9.53. The number of aromatic hydroxyl groups is 1. The fourth-order valence-corrected chi connectivity index (χ4v) is 7.19. The van der Waals surface area contributed by atoms with Crippen molar-refractivity contribution in [3.8, 4) is 17.6 Å². The van der Waals surface area contributed by atoms with Crippen molar-refractivity contribution in [2.45, 2.75) is 43.9 Å². The number of hydrogen-bond acceptors (Lipinski definition) is 3. The Kier molecular flexibility index (Phi) is 3.84. The van der Waals surface area contributed by atoms with Crippen LogP contribution in [0, 0.1) is 29.6 Å². The summed E-state index contributed by atoms with van der Waals surface area (Å²) in [4.78, 5) is 12.5. The van der Waals surface area contributed by atoms with Crippen LogP contribution in [0.2, 0.25) is 0 Å². The van der Waals surface area contributed by atoms with Crippen LogP contribution in [0.25, 0.3) is 0 Å². The van der Waals surface area contributed by atoms with Crippen molar-refractivity contribution in [3.63, 3.8) is 0 Å². The maximum atomic E-state index is 12.0. The summed E-state index contributed by atoms with van der Waals surface area (Å²) in [5, 5.41) is 21.2. The maximum absolute atomic E-state index is 12.0. The number of rotatable bonds is 2. The molecule has 2 N–H and O–H groups in total. The minimum Gasteiger partial charge on any atom is -0.508 e. The molecule has 0 radical (unpaired) electrons. The molecular formula is C23H22O3S. The summed E-state index contributed by atoms with van der Waals surface area (Å²) in [5.41, 5.74) is 2.76. The summed E-state index contributed by atoms with van der Waals surface area (Å²) >= 11 is 1.33. The normalized spacial score (nSPS) is 30.7. The molecule has 1 aromatic heterocycles. The standard InChI is InChI=1S/C23H22O3S/c24-19-5-2-14(3-6-19)1-4-18-13-27-21(22(25)26)20(18)23-10-15-7-16(11-23)9-17(8-15)12-23/h2-3,5-6,13,15-17,24H,7-12H2,(H,25,26). The number of aromatic carboxylic acids is 1. The van der Waals surface area contributed by atoms with Gasteiger partial charge >= 0.3 is 5.97 Å². The van der Waals surface area contributed by atoms with E-state index < -0.39 is 5.97 Å². The van der Waals surface area contributed by atoms with E-state index in [0.29, 0.717) is 4.88 Å². The number of phenols is 1. The molecule has 4 bridgehead atoms. The van der Waals surface area contributed by atoms with Crippen LogP contribution in [0.15, 0.2) is 29.6 Å². The highest BCUT2D eigenvalue weighted by Gasteiger charge is 2.53. The SMILES string of the molecule is O=C(O)c1scc(C#Cc2ccc(O)cc2)c1C12CC3CC(CC(C3)C1)C2. The molecule has 0 amide bonds. The van der Waals surface area contributed by atoms with Gasteiger partial charge in [-0.2, -0.15) is 0 Å². The van der Waals surface area contributed by atoms with E-state index in [1.165, 1.54) is 30.6 Å². The van der Waals surface area contributed by atoms with Crippen molar-refractivity contribution in [1.82, 2.24) is 0 Å². The van der Waals surface area contributed by atoms with E-state index in [0.717, 1.165) is 53.7 Å². The Bertz CT molecular complexity index is 922. The van der Waals surface area contributed by atoms with Crippen LogP contribution in [-0.2, 0) is 5.41 Å². The molecule has 138 valence electrons. The second-order valence-electron chi connectivity index (χ2n) is 8.65. The summed E-state index contributed by atoms with van der Waals surface area (Å²) in [6.45, 7) is 0. The van der Waals surface area contributed by atoms with Crippen LogP contribution in [0.4, 0.5) is 0 Å². The van der Waals surface area contributed by atoms with Gasteiger partial charge in [-0.15, -0.1) is 11.3 Å². The lowest BCUT2D eigenvalue weighted by atomic mass is 9.47. The number of carbonyl (C=O) groups is 1. The van der Waals surface area contributed by atoms with Crippen molar-refractivity contribution >= 4 is 17.3 Å². The molecule has 0 unspecified atom stereocenters. The lowest BCUT2D eigenvalue weighted by molar-refractivity contribution is -0.00567. The lowest BCUT2D eigenvalue weighted by Gasteiger charge is -2.57. The predicted octanol–water partition coefficient (Wildman–Crippen LogP) is 5.02. The van der Waals surface area contributed by atoms with Crippen molar-refractivity contribution in [3.05, 3.63) is 51.2 Å². The molecule has 27 heavy (non-hydrogen) atoms. The average molecular weight is 378 g/mol. The Labute approximate surface area is 163 Å². The zero-order valence-electron chi connectivity index (χ0n) is 15.1. The molecule has 0 saturated heterocycles. The molecule has 4 aliphatic rings. The third-order valence-electron chi connectivity index (χ3n) is 6.76. The van der Waals surface area contributed by atoms with Gasteiger partial charge in [0.25, 0.3) is 0 Å². The second kappa shape index (κ2) is 6.14. The first-order chi connectivity index (χ1) is 13.0. The minimum atomic E-state index is -0.816. The number of carboxylic acids is 1. The van der Waals surface area contributed by atoms with E-state index in [4.69, 9.17) is 0 Å². The van der Waals surface area contributed by atoms with Gasteiger partial charge < -0.3 is 10.2 Å². The van der Waals surface area contributed by atoms with Crippen LogP contribution in [0.3, 0.4) is 0 Å². The summed E-state index contributed by atoms with van der Waals surface area (Å²) < 4.78 is 0. The Hall–Kier alpha value is -2.25. The van der Waals surface area contributed by atoms with Crippen LogP contribution in [0.1, 0.15) is 64.9 Å². The molecule has 4 fully saturated rings. The lowest BCUT2D eigenvalue weighted by Crippen LogP contribution is -2.49. The molecular weight excluding hydrogens is 356 g/mol. The van der Waals surface area contributed by atoms with Crippen molar-refractivity contribution in [2.75, 3.05) is 0 Å². The quantitative estimate of drug-likeness (QED) is 0.722. The molecule has 1 heterocycles. The summed E-state index contributed by atoms with van der Waals surface area (Å²) in [6, 6.07) is 6.83. The van der Waals surface area contributed by atoms with E-state index >= 15 is 0 Å². The summed E-state index contributed by atoms with van der Waals surface area (Å²) in [7, 11) is 0. The summed E-state index contributed by atoms with van der Waals surface area (Å²) in [5.74, 6) is 8.11. The Morgan fingerprint density at radius 3 is 2.15 bits per heavy atom. The van der Waals surface area contributed by atoms with E-state index in [1.807, 2.05) is 5.38 Å². The van der Waals surface area contributed by atoms with Gasteiger partial charge in [-0.25, -0.2) is 4.79 Å². The highest BCUT2D eigenvalue weighted by atomic mass is 32.1. The molecule has 4 heteroatoms. The largest absolute Gasteiger partial charge is 0.508 e. The number of thiophene rings is 1.